The Bertz CT molecular complexity index is 787. The number of nitrogens with one attached hydrogen (secondary N) is 1. The van der Waals surface area contributed by atoms with Crippen LogP contribution < -0.4 is 10.1 Å². The summed E-state index contributed by atoms with van der Waals surface area (Å²) in [6.45, 7) is 2.40. The molecule has 0 radical (unpaired) electrons. The van der Waals surface area contributed by atoms with Crippen LogP contribution in [0.25, 0.3) is 0 Å². The molecule has 0 unspecified atom stereocenters. The topological polar surface area (TPSA) is 39.1 Å². The molecule has 0 atom stereocenters. The van der Waals surface area contributed by atoms with E-state index >= 15 is 0 Å². The van der Waals surface area contributed by atoms with Gasteiger partial charge < -0.3 is 14.6 Å². The van der Waals surface area contributed by atoms with Gasteiger partial charge in [-0.05, 0) is 35.4 Å². The van der Waals surface area contributed by atoms with Gasteiger partial charge >= 0.3 is 0 Å². The minimum absolute atomic E-state index is 0.753. The molecule has 24 heavy (non-hydrogen) atoms. The zero-order chi connectivity index (χ0) is 16.8. The molecule has 1 N–H and O–H groups in total. The van der Waals surface area contributed by atoms with E-state index in [1.165, 1.54) is 11.1 Å². The molecule has 0 fully saturated rings. The van der Waals surface area contributed by atoms with Gasteiger partial charge in [0.1, 0.15) is 5.75 Å². The summed E-state index contributed by atoms with van der Waals surface area (Å²) in [5.41, 5.74) is 3.65. The second-order valence-corrected chi connectivity index (χ2v) is 6.53. The molecular weight excluding hydrogens is 366 g/mol. The first-order valence-electron chi connectivity index (χ1n) is 7.81. The third-order valence-corrected chi connectivity index (χ3v) is 4.30. The molecule has 3 rings (SSSR count). The molecule has 0 saturated heterocycles. The molecule has 0 aliphatic heterocycles. The van der Waals surface area contributed by atoms with Crippen LogP contribution >= 0.6 is 15.9 Å². The first kappa shape index (κ1) is 16.7. The van der Waals surface area contributed by atoms with Crippen molar-refractivity contribution >= 4 is 15.9 Å². The second kappa shape index (κ2) is 8.13. The van der Waals surface area contributed by atoms with Crippen molar-refractivity contribution in [2.24, 2.45) is 0 Å². The van der Waals surface area contributed by atoms with Gasteiger partial charge in [-0.2, -0.15) is 0 Å². The molecule has 0 bridgehead atoms. The van der Waals surface area contributed by atoms with E-state index in [-0.39, 0.29) is 0 Å². The Kier molecular flexibility index (Phi) is 5.67. The van der Waals surface area contributed by atoms with Crippen molar-refractivity contribution in [1.29, 1.82) is 0 Å². The Morgan fingerprint density at radius 1 is 1.12 bits per heavy atom. The number of hydrogen-bond donors (Lipinski definition) is 1. The van der Waals surface area contributed by atoms with Crippen molar-refractivity contribution in [2.45, 2.75) is 19.6 Å². The number of nitrogens with zero attached hydrogens (tertiary/aromatic N) is 2. The summed E-state index contributed by atoms with van der Waals surface area (Å²) < 4.78 is 8.62. The van der Waals surface area contributed by atoms with Crippen LogP contribution in [-0.2, 0) is 19.6 Å². The molecule has 5 heteroatoms. The molecule has 0 spiro atoms. The molecule has 4 nitrogen and oxygen atoms in total. The molecule has 3 aromatic rings. The van der Waals surface area contributed by atoms with E-state index in [4.69, 9.17) is 4.74 Å². The fraction of sp³-hybridized carbons (Fsp3) is 0.211. The van der Waals surface area contributed by atoms with Crippen molar-refractivity contribution in [3.63, 3.8) is 0 Å². The molecule has 1 aromatic heterocycles. The van der Waals surface area contributed by atoms with Crippen molar-refractivity contribution in [1.82, 2.24) is 14.9 Å². The van der Waals surface area contributed by atoms with E-state index < -0.39 is 0 Å². The van der Waals surface area contributed by atoms with Crippen molar-refractivity contribution < 1.29 is 4.74 Å². The number of hydrogen-bond acceptors (Lipinski definition) is 3. The zero-order valence-electron chi connectivity index (χ0n) is 13.6. The summed E-state index contributed by atoms with van der Waals surface area (Å²) in [5.74, 6) is 0.902. The smallest absolute Gasteiger partial charge is 0.123 e. The fourth-order valence-corrected chi connectivity index (χ4v) is 3.09. The molecule has 0 amide bonds. The van der Waals surface area contributed by atoms with Crippen LogP contribution in [0.5, 0.6) is 5.75 Å². The lowest BCUT2D eigenvalue weighted by Crippen LogP contribution is -2.13. The summed E-state index contributed by atoms with van der Waals surface area (Å²) >= 11 is 3.50. The van der Waals surface area contributed by atoms with E-state index in [0.29, 0.717) is 0 Å². The highest BCUT2D eigenvalue weighted by Crippen LogP contribution is 2.21. The highest BCUT2D eigenvalue weighted by molar-refractivity contribution is 9.10. The van der Waals surface area contributed by atoms with Crippen molar-refractivity contribution in [3.8, 4) is 5.75 Å². The minimum Gasteiger partial charge on any atom is -0.496 e. The van der Waals surface area contributed by atoms with Crippen LogP contribution in [0.1, 0.15) is 16.7 Å². The molecule has 0 saturated carbocycles. The first-order chi connectivity index (χ1) is 11.7. The van der Waals surface area contributed by atoms with Gasteiger partial charge in [0, 0.05) is 35.5 Å². The highest BCUT2D eigenvalue weighted by Gasteiger charge is 2.05. The number of methoxy groups -OCH3 is 1. The van der Waals surface area contributed by atoms with Crippen LogP contribution in [0.3, 0.4) is 0 Å². The van der Waals surface area contributed by atoms with Gasteiger partial charge in [0.05, 0.1) is 20.0 Å². The normalized spacial score (nSPS) is 10.8. The first-order valence-corrected chi connectivity index (χ1v) is 8.60. The lowest BCUT2D eigenvalue weighted by Gasteiger charge is -2.12. The molecule has 0 aliphatic carbocycles. The predicted molar refractivity (Wildman–Crippen MR) is 99.0 cm³/mol. The lowest BCUT2D eigenvalue weighted by atomic mass is 10.1. The number of halogens is 1. The van der Waals surface area contributed by atoms with E-state index in [9.17, 15) is 0 Å². The zero-order valence-corrected chi connectivity index (χ0v) is 15.2. The maximum Gasteiger partial charge on any atom is 0.123 e. The maximum atomic E-state index is 5.48. The van der Waals surface area contributed by atoms with Gasteiger partial charge in [-0.3, -0.25) is 0 Å². The molecule has 1 heterocycles. The van der Waals surface area contributed by atoms with Gasteiger partial charge in [-0.15, -0.1) is 0 Å². The largest absolute Gasteiger partial charge is 0.496 e. The summed E-state index contributed by atoms with van der Waals surface area (Å²) in [6, 6.07) is 14.7. The number of aromatic nitrogens is 2. The fourth-order valence-electron chi connectivity index (χ4n) is 2.64. The van der Waals surface area contributed by atoms with Gasteiger partial charge in [0.2, 0.25) is 0 Å². The van der Waals surface area contributed by atoms with Gasteiger partial charge in [0.25, 0.3) is 0 Å². The molecular formula is C19H20BrN3O. The van der Waals surface area contributed by atoms with Crippen LogP contribution in [0.15, 0.2) is 65.7 Å². The van der Waals surface area contributed by atoms with E-state index in [0.717, 1.165) is 35.4 Å². The Morgan fingerprint density at radius 2 is 1.96 bits per heavy atom. The van der Waals surface area contributed by atoms with Crippen LogP contribution in [0.4, 0.5) is 0 Å². The summed E-state index contributed by atoms with van der Waals surface area (Å²) in [4.78, 5) is 4.09. The van der Waals surface area contributed by atoms with Crippen LogP contribution in [0, 0.1) is 0 Å². The number of ether oxygens (including phenoxy) is 1. The van der Waals surface area contributed by atoms with E-state index in [1.54, 1.807) is 13.3 Å². The third-order valence-electron chi connectivity index (χ3n) is 3.80. The van der Waals surface area contributed by atoms with E-state index in [1.807, 2.05) is 29.2 Å². The van der Waals surface area contributed by atoms with Gasteiger partial charge in [0.15, 0.2) is 0 Å². The standard InChI is InChI=1S/C19H20BrN3O/c1-24-19-6-5-16(9-17(19)13-23-8-7-21-14-23)12-22-11-15-3-2-4-18(20)10-15/h2-10,14,22H,11-13H2,1H3. The predicted octanol–water partition coefficient (Wildman–Crippen LogP) is 3.99. The lowest BCUT2D eigenvalue weighted by molar-refractivity contribution is 0.408. The van der Waals surface area contributed by atoms with Gasteiger partial charge in [-0.25, -0.2) is 4.98 Å². The molecule has 2 aromatic carbocycles. The van der Waals surface area contributed by atoms with Crippen LogP contribution in [-0.4, -0.2) is 16.7 Å². The summed E-state index contributed by atoms with van der Waals surface area (Å²) in [5, 5.41) is 3.49. The van der Waals surface area contributed by atoms with Crippen molar-refractivity contribution in [3.05, 3.63) is 82.3 Å². The monoisotopic (exact) mass is 385 g/mol. The summed E-state index contributed by atoms with van der Waals surface area (Å²) in [7, 11) is 1.71. The minimum atomic E-state index is 0.753. The maximum absolute atomic E-state index is 5.48. The SMILES string of the molecule is COc1ccc(CNCc2cccc(Br)c2)cc1Cn1ccnc1. The Labute approximate surface area is 150 Å². The Morgan fingerprint density at radius 3 is 2.67 bits per heavy atom. The second-order valence-electron chi connectivity index (χ2n) is 5.61. The van der Waals surface area contributed by atoms with E-state index in [2.05, 4.69) is 56.6 Å². The average Bonchev–Trinajstić information content (AvgIpc) is 3.08. The highest BCUT2D eigenvalue weighted by atomic mass is 79.9. The van der Waals surface area contributed by atoms with Crippen LogP contribution in [0.2, 0.25) is 0 Å². The number of benzene rings is 2. The quantitative estimate of drug-likeness (QED) is 0.668. The Balaban J connectivity index is 1.65. The summed E-state index contributed by atoms with van der Waals surface area (Å²) in [6.07, 6.45) is 5.56. The number of imidazole rings is 1. The third kappa shape index (κ3) is 4.46. The Hall–Kier alpha value is -2.11. The molecule has 0 aliphatic rings. The number of rotatable bonds is 7. The van der Waals surface area contributed by atoms with Gasteiger partial charge in [-0.1, -0.05) is 34.1 Å². The average molecular weight is 386 g/mol. The van der Waals surface area contributed by atoms with Crippen molar-refractivity contribution in [2.75, 3.05) is 7.11 Å². The molecule has 124 valence electrons.